The maximum atomic E-state index is 12.2. The summed E-state index contributed by atoms with van der Waals surface area (Å²) in [5.74, 6) is -1.03. The lowest BCUT2D eigenvalue weighted by molar-refractivity contribution is -0.120. The van der Waals surface area contributed by atoms with Gasteiger partial charge in [0.1, 0.15) is 0 Å². The zero-order valence-corrected chi connectivity index (χ0v) is 12.5. The first-order valence-electron chi connectivity index (χ1n) is 5.72. The normalized spacial score (nSPS) is 15.1. The molecule has 104 valence electrons. The minimum Gasteiger partial charge on any atom is -0.490 e. The molecule has 5 nitrogen and oxygen atoms in total. The topological polar surface area (TPSA) is 64.6 Å². The second kappa shape index (κ2) is 5.92. The lowest BCUT2D eigenvalue weighted by atomic mass is 10.1. The summed E-state index contributed by atoms with van der Waals surface area (Å²) in [6.07, 6.45) is 1.20. The number of allylic oxidation sites excluding steroid dienone is 1. The predicted octanol–water partition coefficient (Wildman–Crippen LogP) is 2.40. The molecule has 1 aliphatic rings. The van der Waals surface area contributed by atoms with Crippen molar-refractivity contribution in [2.45, 2.75) is 0 Å². The summed E-state index contributed by atoms with van der Waals surface area (Å²) in [6.45, 7) is 0. The number of anilines is 1. The number of hydrogen-bond donors (Lipinski definition) is 1. The number of carbonyl (C=O) groups excluding carboxylic acids is 2. The Bertz CT molecular complexity index is 634. The Hall–Kier alpha value is -2.08. The number of benzene rings is 1. The van der Waals surface area contributed by atoms with Crippen LogP contribution in [0.2, 0.25) is 0 Å². The van der Waals surface area contributed by atoms with E-state index >= 15 is 0 Å². The molecule has 2 rings (SSSR count). The number of carbonyl (C=O) groups is 2. The maximum Gasteiger partial charge on any atom is 0.247 e. The van der Waals surface area contributed by atoms with Crippen LogP contribution < -0.4 is 5.32 Å². The molecule has 1 aromatic carbocycles. The Balaban J connectivity index is 2.31. The van der Waals surface area contributed by atoms with Crippen molar-refractivity contribution in [2.75, 3.05) is 19.5 Å². The van der Waals surface area contributed by atoms with Crippen molar-refractivity contribution in [1.29, 1.82) is 0 Å². The molecule has 0 amide bonds. The molecule has 0 saturated carbocycles. The fourth-order valence-electron chi connectivity index (χ4n) is 1.79. The van der Waals surface area contributed by atoms with Crippen molar-refractivity contribution in [3.05, 3.63) is 52.0 Å². The van der Waals surface area contributed by atoms with Crippen LogP contribution in [0.1, 0.15) is 0 Å². The van der Waals surface area contributed by atoms with Crippen LogP contribution in [-0.4, -0.2) is 25.8 Å². The molecule has 0 aliphatic heterocycles. The van der Waals surface area contributed by atoms with E-state index in [4.69, 9.17) is 9.47 Å². The third-order valence-electron chi connectivity index (χ3n) is 2.67. The Morgan fingerprint density at radius 2 is 1.80 bits per heavy atom. The number of ether oxygens (including phenoxy) is 2. The second-order valence-corrected chi connectivity index (χ2v) is 4.87. The van der Waals surface area contributed by atoms with Gasteiger partial charge in [-0.15, -0.1) is 0 Å². The SMILES string of the molecule is COC1=C(OC)C(=O)C(Nc2cccc(Br)c2)=CC1=O. The molecule has 0 spiro atoms. The molecule has 1 N–H and O–H groups in total. The van der Waals surface area contributed by atoms with Crippen molar-refractivity contribution >= 4 is 33.2 Å². The van der Waals surface area contributed by atoms with Crippen molar-refractivity contribution in [3.8, 4) is 0 Å². The van der Waals surface area contributed by atoms with Gasteiger partial charge in [0.05, 0.1) is 19.9 Å². The van der Waals surface area contributed by atoms with Crippen LogP contribution >= 0.6 is 15.9 Å². The number of rotatable bonds is 4. The quantitative estimate of drug-likeness (QED) is 0.854. The third-order valence-corrected chi connectivity index (χ3v) is 3.16. The van der Waals surface area contributed by atoms with Gasteiger partial charge in [0, 0.05) is 16.2 Å². The zero-order chi connectivity index (χ0) is 14.7. The Morgan fingerprint density at radius 1 is 1.10 bits per heavy atom. The average molecular weight is 338 g/mol. The number of hydrogen-bond acceptors (Lipinski definition) is 5. The summed E-state index contributed by atoms with van der Waals surface area (Å²) in [4.78, 5) is 24.1. The van der Waals surface area contributed by atoms with Gasteiger partial charge in [0.25, 0.3) is 0 Å². The highest BCUT2D eigenvalue weighted by Gasteiger charge is 2.30. The van der Waals surface area contributed by atoms with E-state index in [2.05, 4.69) is 21.2 Å². The molecule has 6 heteroatoms. The van der Waals surface area contributed by atoms with Crippen LogP contribution in [0.4, 0.5) is 5.69 Å². The van der Waals surface area contributed by atoms with Gasteiger partial charge in [-0.3, -0.25) is 9.59 Å². The molecule has 0 aromatic heterocycles. The number of nitrogens with one attached hydrogen (secondary N) is 1. The van der Waals surface area contributed by atoms with E-state index in [1.165, 1.54) is 20.3 Å². The van der Waals surface area contributed by atoms with Crippen LogP contribution in [0.15, 0.2) is 52.0 Å². The molecule has 0 bridgehead atoms. The molecule has 1 aliphatic carbocycles. The average Bonchev–Trinajstić information content (AvgIpc) is 2.42. The van der Waals surface area contributed by atoms with Crippen LogP contribution in [-0.2, 0) is 19.1 Å². The van der Waals surface area contributed by atoms with E-state index in [-0.39, 0.29) is 17.2 Å². The summed E-state index contributed by atoms with van der Waals surface area (Å²) in [6, 6.07) is 7.25. The third kappa shape index (κ3) is 2.75. The number of methoxy groups -OCH3 is 2. The van der Waals surface area contributed by atoms with E-state index in [1.54, 1.807) is 12.1 Å². The van der Waals surface area contributed by atoms with Gasteiger partial charge in [0.15, 0.2) is 0 Å². The van der Waals surface area contributed by atoms with Crippen LogP contribution in [0.3, 0.4) is 0 Å². The van der Waals surface area contributed by atoms with E-state index in [9.17, 15) is 9.59 Å². The van der Waals surface area contributed by atoms with Gasteiger partial charge in [-0.05, 0) is 18.2 Å². The van der Waals surface area contributed by atoms with E-state index in [0.717, 1.165) is 4.47 Å². The van der Waals surface area contributed by atoms with Crippen molar-refractivity contribution in [1.82, 2.24) is 0 Å². The highest BCUT2D eigenvalue weighted by Crippen LogP contribution is 2.23. The predicted molar refractivity (Wildman–Crippen MR) is 76.9 cm³/mol. The molecular formula is C14H12BrNO4. The lowest BCUT2D eigenvalue weighted by Gasteiger charge is -2.18. The first-order valence-corrected chi connectivity index (χ1v) is 6.51. The molecule has 0 atom stereocenters. The summed E-state index contributed by atoms with van der Waals surface area (Å²) >= 11 is 3.33. The first kappa shape index (κ1) is 14.3. The van der Waals surface area contributed by atoms with Gasteiger partial charge in [-0.1, -0.05) is 22.0 Å². The molecule has 0 unspecified atom stereocenters. The highest BCUT2D eigenvalue weighted by molar-refractivity contribution is 9.10. The van der Waals surface area contributed by atoms with Gasteiger partial charge in [-0.2, -0.15) is 0 Å². The molecule has 20 heavy (non-hydrogen) atoms. The van der Waals surface area contributed by atoms with Crippen molar-refractivity contribution in [3.63, 3.8) is 0 Å². The fourth-order valence-corrected chi connectivity index (χ4v) is 2.19. The summed E-state index contributed by atoms with van der Waals surface area (Å²) in [5, 5.41) is 2.90. The van der Waals surface area contributed by atoms with Gasteiger partial charge in [-0.25, -0.2) is 0 Å². The standard InChI is InChI=1S/C14H12BrNO4/c1-19-13-11(17)7-10(12(18)14(13)20-2)16-9-5-3-4-8(15)6-9/h3-7,16H,1-2H3. The van der Waals surface area contributed by atoms with Crippen molar-refractivity contribution in [2.24, 2.45) is 0 Å². The first-order chi connectivity index (χ1) is 9.56. The Kier molecular flexibility index (Phi) is 4.24. The summed E-state index contributed by atoms with van der Waals surface area (Å²) in [7, 11) is 2.64. The molecule has 0 fully saturated rings. The molecule has 0 saturated heterocycles. The van der Waals surface area contributed by atoms with E-state index in [0.29, 0.717) is 5.69 Å². The second-order valence-electron chi connectivity index (χ2n) is 3.95. The van der Waals surface area contributed by atoms with Crippen LogP contribution in [0.5, 0.6) is 0 Å². The zero-order valence-electron chi connectivity index (χ0n) is 10.9. The number of Topliss-reactive ketones (excluding diaryl/α,β-unsaturated/α-hetero) is 1. The van der Waals surface area contributed by atoms with E-state index < -0.39 is 11.6 Å². The van der Waals surface area contributed by atoms with Gasteiger partial charge >= 0.3 is 0 Å². The smallest absolute Gasteiger partial charge is 0.247 e. The van der Waals surface area contributed by atoms with Crippen LogP contribution in [0, 0.1) is 0 Å². The summed E-state index contributed by atoms with van der Waals surface area (Å²) < 4.78 is 10.7. The molecule has 0 heterocycles. The fraction of sp³-hybridized carbons (Fsp3) is 0.143. The largest absolute Gasteiger partial charge is 0.490 e. The minimum atomic E-state index is -0.427. The molecule has 0 radical (unpaired) electrons. The van der Waals surface area contributed by atoms with Gasteiger partial charge < -0.3 is 14.8 Å². The summed E-state index contributed by atoms with van der Waals surface area (Å²) in [5.41, 5.74) is 0.828. The van der Waals surface area contributed by atoms with Crippen LogP contribution in [0.25, 0.3) is 0 Å². The molecule has 1 aromatic rings. The van der Waals surface area contributed by atoms with E-state index in [1.807, 2.05) is 12.1 Å². The van der Waals surface area contributed by atoms with Gasteiger partial charge in [0.2, 0.25) is 23.1 Å². The van der Waals surface area contributed by atoms with Crippen molar-refractivity contribution < 1.29 is 19.1 Å². The number of ketones is 2. The number of halogens is 1. The monoisotopic (exact) mass is 337 g/mol. The maximum absolute atomic E-state index is 12.2. The Morgan fingerprint density at radius 3 is 2.40 bits per heavy atom. The lowest BCUT2D eigenvalue weighted by Crippen LogP contribution is -2.25. The highest BCUT2D eigenvalue weighted by atomic mass is 79.9. The molecular weight excluding hydrogens is 326 g/mol. The Labute approximate surface area is 124 Å². The minimum absolute atomic E-state index is 0.0858.